The Hall–Kier alpha value is -2.67. The van der Waals surface area contributed by atoms with Crippen molar-refractivity contribution in [2.45, 2.75) is 6.61 Å². The SMILES string of the molecule is COc1cc(C(=O)NC(N)=S)ccc1OCc1ccccc1F. The molecule has 0 aromatic heterocycles. The van der Waals surface area contributed by atoms with Gasteiger partial charge in [0, 0.05) is 11.1 Å². The molecular formula is C16H15FN2O3S. The zero-order chi connectivity index (χ0) is 16.8. The molecule has 0 radical (unpaired) electrons. The number of nitrogens with two attached hydrogens (primary N) is 1. The van der Waals surface area contributed by atoms with Gasteiger partial charge in [-0.1, -0.05) is 18.2 Å². The summed E-state index contributed by atoms with van der Waals surface area (Å²) in [7, 11) is 1.44. The highest BCUT2D eigenvalue weighted by Crippen LogP contribution is 2.29. The van der Waals surface area contributed by atoms with E-state index in [4.69, 9.17) is 15.2 Å². The lowest BCUT2D eigenvalue weighted by molar-refractivity contribution is 0.0977. The molecule has 0 aliphatic carbocycles. The molecule has 120 valence electrons. The molecule has 0 saturated heterocycles. The maximum absolute atomic E-state index is 13.6. The summed E-state index contributed by atoms with van der Waals surface area (Å²) in [5, 5.41) is 2.20. The van der Waals surface area contributed by atoms with E-state index in [2.05, 4.69) is 17.5 Å². The molecule has 0 atom stereocenters. The third kappa shape index (κ3) is 4.40. The predicted octanol–water partition coefficient (Wildman–Crippen LogP) is 2.39. The monoisotopic (exact) mass is 334 g/mol. The van der Waals surface area contributed by atoms with Crippen molar-refractivity contribution >= 4 is 23.2 Å². The number of thiocarbonyl (C=S) groups is 1. The minimum absolute atomic E-state index is 0.0431. The highest BCUT2D eigenvalue weighted by atomic mass is 32.1. The molecule has 0 fully saturated rings. The number of rotatable bonds is 5. The van der Waals surface area contributed by atoms with Crippen LogP contribution in [0.4, 0.5) is 4.39 Å². The molecule has 23 heavy (non-hydrogen) atoms. The van der Waals surface area contributed by atoms with Crippen molar-refractivity contribution in [3.63, 3.8) is 0 Å². The molecule has 0 heterocycles. The summed E-state index contributed by atoms with van der Waals surface area (Å²) in [5.74, 6) is -0.0602. The maximum atomic E-state index is 13.6. The topological polar surface area (TPSA) is 73.6 Å². The molecule has 2 aromatic rings. The van der Waals surface area contributed by atoms with Gasteiger partial charge >= 0.3 is 0 Å². The highest BCUT2D eigenvalue weighted by Gasteiger charge is 2.12. The number of hydrogen-bond donors (Lipinski definition) is 2. The van der Waals surface area contributed by atoms with Gasteiger partial charge in [-0.05, 0) is 36.5 Å². The lowest BCUT2D eigenvalue weighted by atomic mass is 10.2. The Bertz CT molecular complexity index is 737. The lowest BCUT2D eigenvalue weighted by Gasteiger charge is -2.12. The zero-order valence-corrected chi connectivity index (χ0v) is 13.2. The quantitative estimate of drug-likeness (QED) is 0.822. The van der Waals surface area contributed by atoms with Crippen LogP contribution in [0.5, 0.6) is 11.5 Å². The number of amides is 1. The molecule has 2 aromatic carbocycles. The van der Waals surface area contributed by atoms with Crippen LogP contribution in [0.3, 0.4) is 0 Å². The number of methoxy groups -OCH3 is 1. The van der Waals surface area contributed by atoms with Gasteiger partial charge in [-0.15, -0.1) is 0 Å². The van der Waals surface area contributed by atoms with Crippen molar-refractivity contribution in [2.75, 3.05) is 7.11 Å². The van der Waals surface area contributed by atoms with E-state index < -0.39 is 5.91 Å². The second-order valence-corrected chi connectivity index (χ2v) is 5.00. The molecular weight excluding hydrogens is 319 g/mol. The van der Waals surface area contributed by atoms with Crippen LogP contribution in [0.15, 0.2) is 42.5 Å². The molecule has 1 amide bonds. The van der Waals surface area contributed by atoms with E-state index in [1.165, 1.54) is 25.3 Å². The summed E-state index contributed by atoms with van der Waals surface area (Å²) >= 11 is 4.62. The summed E-state index contributed by atoms with van der Waals surface area (Å²) in [6.07, 6.45) is 0. The van der Waals surface area contributed by atoms with Gasteiger partial charge in [-0.25, -0.2) is 4.39 Å². The van der Waals surface area contributed by atoms with E-state index in [1.54, 1.807) is 24.3 Å². The standard InChI is InChI=1S/C16H15FN2O3S/c1-21-14-8-10(15(20)19-16(18)23)6-7-13(14)22-9-11-4-2-3-5-12(11)17/h2-8H,9H2,1H3,(H3,18,19,20,23). The van der Waals surface area contributed by atoms with Crippen LogP contribution in [0, 0.1) is 5.82 Å². The summed E-state index contributed by atoms with van der Waals surface area (Å²) in [5.41, 5.74) is 6.00. The van der Waals surface area contributed by atoms with Crippen molar-refractivity contribution in [3.05, 3.63) is 59.4 Å². The first-order valence-corrected chi connectivity index (χ1v) is 7.07. The average Bonchev–Trinajstić information content (AvgIpc) is 2.53. The summed E-state index contributed by atoms with van der Waals surface area (Å²) in [6, 6.07) is 10.9. The summed E-state index contributed by atoms with van der Waals surface area (Å²) in [4.78, 5) is 11.8. The Morgan fingerprint density at radius 2 is 2.00 bits per heavy atom. The number of halogens is 1. The number of benzene rings is 2. The van der Waals surface area contributed by atoms with Gasteiger partial charge < -0.3 is 15.2 Å². The van der Waals surface area contributed by atoms with E-state index in [0.29, 0.717) is 22.6 Å². The van der Waals surface area contributed by atoms with E-state index in [-0.39, 0.29) is 17.5 Å². The van der Waals surface area contributed by atoms with Crippen LogP contribution in [0.2, 0.25) is 0 Å². The van der Waals surface area contributed by atoms with Crippen molar-refractivity contribution < 1.29 is 18.7 Å². The fraction of sp³-hybridized carbons (Fsp3) is 0.125. The molecule has 5 nitrogen and oxygen atoms in total. The Morgan fingerprint density at radius 3 is 2.65 bits per heavy atom. The molecule has 0 unspecified atom stereocenters. The maximum Gasteiger partial charge on any atom is 0.257 e. The number of carbonyl (C=O) groups is 1. The molecule has 2 rings (SSSR count). The Kier molecular flexibility index (Phi) is 5.48. The largest absolute Gasteiger partial charge is 0.493 e. The van der Waals surface area contributed by atoms with Crippen LogP contribution < -0.4 is 20.5 Å². The fourth-order valence-corrected chi connectivity index (χ4v) is 1.98. The number of ether oxygens (including phenoxy) is 2. The van der Waals surface area contributed by atoms with Crippen LogP contribution in [-0.2, 0) is 6.61 Å². The first-order valence-electron chi connectivity index (χ1n) is 6.66. The first kappa shape index (κ1) is 16.7. The van der Waals surface area contributed by atoms with Crippen LogP contribution in [0.1, 0.15) is 15.9 Å². The smallest absolute Gasteiger partial charge is 0.257 e. The Morgan fingerprint density at radius 1 is 1.26 bits per heavy atom. The summed E-state index contributed by atoms with van der Waals surface area (Å²) < 4.78 is 24.3. The Balaban J connectivity index is 2.15. The van der Waals surface area contributed by atoms with Crippen molar-refractivity contribution in [1.29, 1.82) is 0 Å². The average molecular weight is 334 g/mol. The molecule has 7 heteroatoms. The van der Waals surface area contributed by atoms with E-state index >= 15 is 0 Å². The van der Waals surface area contributed by atoms with Crippen LogP contribution >= 0.6 is 12.2 Å². The van der Waals surface area contributed by atoms with Gasteiger partial charge in [0.2, 0.25) is 0 Å². The van der Waals surface area contributed by atoms with Crippen molar-refractivity contribution in [3.8, 4) is 11.5 Å². The summed E-state index contributed by atoms with van der Waals surface area (Å²) in [6.45, 7) is 0.0431. The number of carbonyl (C=O) groups excluding carboxylic acids is 1. The van der Waals surface area contributed by atoms with Gasteiger partial charge in [-0.2, -0.15) is 0 Å². The normalized spacial score (nSPS) is 10.0. The second kappa shape index (κ2) is 7.55. The third-order valence-electron chi connectivity index (χ3n) is 3.00. The fourth-order valence-electron chi connectivity index (χ4n) is 1.88. The van der Waals surface area contributed by atoms with Gasteiger partial charge in [0.25, 0.3) is 5.91 Å². The molecule has 3 N–H and O–H groups in total. The van der Waals surface area contributed by atoms with Crippen molar-refractivity contribution in [1.82, 2.24) is 5.32 Å². The Labute approximate surface area is 138 Å². The van der Waals surface area contributed by atoms with E-state index in [9.17, 15) is 9.18 Å². The first-order chi connectivity index (χ1) is 11.0. The molecule has 0 aliphatic rings. The molecule has 0 saturated carbocycles. The van der Waals surface area contributed by atoms with Gasteiger partial charge in [0.15, 0.2) is 16.6 Å². The zero-order valence-electron chi connectivity index (χ0n) is 12.3. The highest BCUT2D eigenvalue weighted by molar-refractivity contribution is 7.80. The second-order valence-electron chi connectivity index (χ2n) is 4.56. The van der Waals surface area contributed by atoms with Crippen LogP contribution in [0.25, 0.3) is 0 Å². The van der Waals surface area contributed by atoms with Gasteiger partial charge in [-0.3, -0.25) is 10.1 Å². The number of nitrogens with one attached hydrogen (secondary N) is 1. The molecule has 0 spiro atoms. The third-order valence-corrected chi connectivity index (χ3v) is 3.11. The minimum Gasteiger partial charge on any atom is -0.493 e. The van der Waals surface area contributed by atoms with E-state index in [0.717, 1.165) is 0 Å². The lowest BCUT2D eigenvalue weighted by Crippen LogP contribution is -2.34. The molecule has 0 aliphatic heterocycles. The molecule has 0 bridgehead atoms. The van der Waals surface area contributed by atoms with Gasteiger partial charge in [0.05, 0.1) is 7.11 Å². The van der Waals surface area contributed by atoms with Gasteiger partial charge in [0.1, 0.15) is 12.4 Å². The minimum atomic E-state index is -0.448. The van der Waals surface area contributed by atoms with Crippen molar-refractivity contribution in [2.24, 2.45) is 5.73 Å². The predicted molar refractivity (Wildman–Crippen MR) is 88.0 cm³/mol. The van der Waals surface area contributed by atoms with E-state index in [1.807, 2.05) is 0 Å². The van der Waals surface area contributed by atoms with Crippen LogP contribution in [-0.4, -0.2) is 18.1 Å². The number of hydrogen-bond acceptors (Lipinski definition) is 4.